The normalized spacial score (nSPS) is 17.4. The van der Waals surface area contributed by atoms with Crippen molar-refractivity contribution in [3.8, 4) is 17.1 Å². The number of amides is 2. The number of aliphatic hydroxyl groups excluding tert-OH is 1. The second-order valence-electron chi connectivity index (χ2n) is 13.5. The molecule has 0 unspecified atom stereocenters. The molecule has 51 heavy (non-hydrogen) atoms. The first-order valence-corrected chi connectivity index (χ1v) is 15.6. The van der Waals surface area contributed by atoms with Crippen molar-refractivity contribution in [3.63, 3.8) is 0 Å². The number of guanidine groups is 1. The van der Waals surface area contributed by atoms with Crippen LogP contribution in [0.3, 0.4) is 0 Å². The number of halogens is 6. The molecule has 2 heterocycles. The molecule has 0 aliphatic carbocycles. The standard InChI is InChI=1S/C33H37F6N5O7/c1-30(2,3)49-28(46)41-27(42-29(47)50-31(4,5)6)44-15-13-22(45)24(44)26-40-25(43-51-26)19-9-12-23(21(17-19)33(37,38)39)48-16-14-18-7-10-20(11-8-18)32(34,35)36/h7-12,17,22,24,45H,13-16H2,1-6H3,(H,41,42,46,47)/t22-,24-/m0/s1. The number of hydrogen-bond acceptors (Lipinski definition) is 9. The van der Waals surface area contributed by atoms with Gasteiger partial charge < -0.3 is 28.7 Å². The van der Waals surface area contributed by atoms with Gasteiger partial charge in [-0.15, -0.1) is 4.99 Å². The first kappa shape index (κ1) is 38.9. The number of alkyl halides is 6. The zero-order valence-electron chi connectivity index (χ0n) is 28.5. The topological polar surface area (TPSA) is 149 Å². The molecule has 0 saturated carbocycles. The first-order chi connectivity index (χ1) is 23.5. The molecule has 1 fully saturated rings. The molecule has 0 spiro atoms. The Morgan fingerprint density at radius 3 is 2.20 bits per heavy atom. The lowest BCUT2D eigenvalue weighted by molar-refractivity contribution is -0.139. The summed E-state index contributed by atoms with van der Waals surface area (Å²) in [6.07, 6.45) is -12.5. The molecule has 1 aliphatic rings. The van der Waals surface area contributed by atoms with Crippen molar-refractivity contribution in [2.45, 2.75) is 90.1 Å². The van der Waals surface area contributed by atoms with E-state index in [1.165, 1.54) is 23.1 Å². The van der Waals surface area contributed by atoms with E-state index in [-0.39, 0.29) is 49.2 Å². The molecule has 1 aliphatic heterocycles. The number of rotatable bonds is 6. The maximum absolute atomic E-state index is 14.1. The number of carbonyl (C=O) groups excluding carboxylic acids is 2. The van der Waals surface area contributed by atoms with Crippen LogP contribution in [0.5, 0.6) is 5.75 Å². The Labute approximate surface area is 288 Å². The highest BCUT2D eigenvalue weighted by Gasteiger charge is 2.42. The number of likely N-dealkylation sites (tertiary alicyclic amines) is 1. The van der Waals surface area contributed by atoms with Crippen molar-refractivity contribution >= 4 is 18.1 Å². The Kier molecular flexibility index (Phi) is 11.3. The van der Waals surface area contributed by atoms with E-state index in [9.17, 15) is 41.0 Å². The maximum Gasteiger partial charge on any atom is 0.437 e. The van der Waals surface area contributed by atoms with Crippen molar-refractivity contribution in [1.82, 2.24) is 20.4 Å². The number of carbonyl (C=O) groups is 2. The molecule has 278 valence electrons. The highest BCUT2D eigenvalue weighted by atomic mass is 19.4. The van der Waals surface area contributed by atoms with E-state index in [4.69, 9.17) is 18.7 Å². The molecule has 2 amide bonds. The Hall–Kier alpha value is -4.87. The molecule has 0 bridgehead atoms. The molecule has 4 rings (SSSR count). The third-order valence-corrected chi connectivity index (χ3v) is 7.01. The number of nitrogens with zero attached hydrogens (tertiary/aromatic N) is 4. The van der Waals surface area contributed by atoms with Crippen molar-refractivity contribution in [2.24, 2.45) is 4.99 Å². The fourth-order valence-electron chi connectivity index (χ4n) is 4.87. The quantitative estimate of drug-likeness (QED) is 0.150. The van der Waals surface area contributed by atoms with Gasteiger partial charge in [0.15, 0.2) is 0 Å². The summed E-state index contributed by atoms with van der Waals surface area (Å²) in [5.41, 5.74) is -3.58. The molecule has 18 heteroatoms. The van der Waals surface area contributed by atoms with Crippen molar-refractivity contribution in [2.75, 3.05) is 13.2 Å². The van der Waals surface area contributed by atoms with Gasteiger partial charge >= 0.3 is 24.5 Å². The van der Waals surface area contributed by atoms with Crippen LogP contribution < -0.4 is 10.1 Å². The number of alkyl carbamates (subject to hydrolysis) is 1. The smallest absolute Gasteiger partial charge is 0.437 e. The van der Waals surface area contributed by atoms with Crippen LogP contribution in [0.1, 0.15) is 76.6 Å². The number of ether oxygens (including phenoxy) is 3. The summed E-state index contributed by atoms with van der Waals surface area (Å²) >= 11 is 0. The summed E-state index contributed by atoms with van der Waals surface area (Å²) in [7, 11) is 0. The van der Waals surface area contributed by atoms with E-state index in [0.717, 1.165) is 24.3 Å². The minimum atomic E-state index is -4.88. The van der Waals surface area contributed by atoms with Crippen LogP contribution in [0.4, 0.5) is 35.9 Å². The van der Waals surface area contributed by atoms with Crippen LogP contribution in [-0.2, 0) is 28.2 Å². The third-order valence-electron chi connectivity index (χ3n) is 7.01. The third kappa shape index (κ3) is 10.8. The van der Waals surface area contributed by atoms with E-state index in [1.807, 2.05) is 0 Å². The van der Waals surface area contributed by atoms with Crippen LogP contribution in [0.25, 0.3) is 11.4 Å². The van der Waals surface area contributed by atoms with E-state index in [2.05, 4.69) is 20.4 Å². The zero-order valence-corrected chi connectivity index (χ0v) is 28.5. The predicted molar refractivity (Wildman–Crippen MR) is 168 cm³/mol. The summed E-state index contributed by atoms with van der Waals surface area (Å²) in [5.74, 6) is -1.44. The number of hydrogen-bond donors (Lipinski definition) is 2. The molecule has 2 N–H and O–H groups in total. The average molecular weight is 730 g/mol. The summed E-state index contributed by atoms with van der Waals surface area (Å²) < 4.78 is 102. The molecular weight excluding hydrogens is 692 g/mol. The summed E-state index contributed by atoms with van der Waals surface area (Å²) in [6.45, 7) is 9.43. The predicted octanol–water partition coefficient (Wildman–Crippen LogP) is 7.32. The Morgan fingerprint density at radius 1 is 0.961 bits per heavy atom. The molecule has 2 aromatic carbocycles. The SMILES string of the molecule is CC(C)(C)OC(=O)N=C(NC(=O)OC(C)(C)C)N1CC[C@H](O)[C@H]1c1nc(-c2ccc(OCCc3ccc(C(F)(F)F)cc3)c(C(F)(F)F)c2)no1. The van der Waals surface area contributed by atoms with Crippen LogP contribution in [0, 0.1) is 0 Å². The second-order valence-corrected chi connectivity index (χ2v) is 13.5. The number of nitrogens with one attached hydrogen (secondary N) is 1. The van der Waals surface area contributed by atoms with E-state index in [0.29, 0.717) is 5.56 Å². The van der Waals surface area contributed by atoms with Gasteiger partial charge in [0.1, 0.15) is 23.0 Å². The van der Waals surface area contributed by atoms with Gasteiger partial charge in [-0.05, 0) is 83.9 Å². The Morgan fingerprint density at radius 2 is 1.61 bits per heavy atom. The summed E-state index contributed by atoms with van der Waals surface area (Å²) in [6, 6.07) is 6.03. The molecule has 0 radical (unpaired) electrons. The summed E-state index contributed by atoms with van der Waals surface area (Å²) in [5, 5.41) is 17.1. The van der Waals surface area contributed by atoms with Crippen molar-refractivity contribution in [3.05, 3.63) is 65.0 Å². The van der Waals surface area contributed by atoms with Gasteiger partial charge in [0.25, 0.3) is 5.89 Å². The van der Waals surface area contributed by atoms with E-state index < -0.39 is 64.8 Å². The van der Waals surface area contributed by atoms with Gasteiger partial charge in [-0.1, -0.05) is 17.3 Å². The highest BCUT2D eigenvalue weighted by Crippen LogP contribution is 2.39. The number of benzene rings is 2. The Balaban J connectivity index is 1.57. The van der Waals surface area contributed by atoms with Gasteiger partial charge in [0.2, 0.25) is 11.8 Å². The largest absolute Gasteiger partial charge is 0.493 e. The number of aliphatic hydroxyl groups is 1. The Bertz CT molecular complexity index is 1730. The van der Waals surface area contributed by atoms with Crippen molar-refractivity contribution in [1.29, 1.82) is 0 Å². The number of aromatic nitrogens is 2. The molecule has 3 aromatic rings. The van der Waals surface area contributed by atoms with Gasteiger partial charge in [-0.3, -0.25) is 5.32 Å². The second kappa shape index (κ2) is 14.8. The lowest BCUT2D eigenvalue weighted by atomic mass is 10.1. The number of aliphatic imine (C=N–C) groups is 1. The molecule has 2 atom stereocenters. The first-order valence-electron chi connectivity index (χ1n) is 15.6. The fraction of sp³-hybridized carbons (Fsp3) is 0.485. The summed E-state index contributed by atoms with van der Waals surface area (Å²) in [4.78, 5) is 34.7. The fourth-order valence-corrected chi connectivity index (χ4v) is 4.87. The van der Waals surface area contributed by atoms with E-state index >= 15 is 0 Å². The monoisotopic (exact) mass is 729 g/mol. The van der Waals surface area contributed by atoms with Crippen LogP contribution in [-0.4, -0.2) is 68.8 Å². The van der Waals surface area contributed by atoms with Gasteiger partial charge in [0.05, 0.1) is 23.8 Å². The van der Waals surface area contributed by atoms with Crippen molar-refractivity contribution < 1.29 is 59.8 Å². The van der Waals surface area contributed by atoms with Crippen LogP contribution in [0.15, 0.2) is 52.0 Å². The van der Waals surface area contributed by atoms with E-state index in [1.54, 1.807) is 41.5 Å². The molecule has 1 saturated heterocycles. The minimum absolute atomic E-state index is 0.0255. The molecule has 12 nitrogen and oxygen atoms in total. The molecular formula is C33H37F6N5O7. The minimum Gasteiger partial charge on any atom is -0.493 e. The molecule has 1 aromatic heterocycles. The van der Waals surface area contributed by atoms with Gasteiger partial charge in [-0.2, -0.15) is 31.3 Å². The highest BCUT2D eigenvalue weighted by molar-refractivity contribution is 5.99. The van der Waals surface area contributed by atoms with Crippen LogP contribution >= 0.6 is 0 Å². The maximum atomic E-state index is 14.1. The van der Waals surface area contributed by atoms with Crippen LogP contribution in [0.2, 0.25) is 0 Å². The lowest BCUT2D eigenvalue weighted by Gasteiger charge is -2.28. The lowest BCUT2D eigenvalue weighted by Crippen LogP contribution is -2.47. The average Bonchev–Trinajstić information content (AvgIpc) is 3.61. The zero-order chi connectivity index (χ0) is 37.9. The van der Waals surface area contributed by atoms with Gasteiger partial charge in [0, 0.05) is 18.5 Å². The van der Waals surface area contributed by atoms with Gasteiger partial charge in [-0.25, -0.2) is 9.59 Å².